The fraction of sp³-hybridized carbons (Fsp3) is 0.348. The van der Waals surface area contributed by atoms with Crippen molar-refractivity contribution in [1.29, 1.82) is 0 Å². The molecule has 1 aliphatic heterocycles. The number of fused-ring (bicyclic) bond motifs is 3. The quantitative estimate of drug-likeness (QED) is 0.457. The molecule has 0 atom stereocenters. The summed E-state index contributed by atoms with van der Waals surface area (Å²) in [7, 11) is 0. The molecular formula is C23H25NOS2. The van der Waals surface area contributed by atoms with Crippen molar-refractivity contribution in [3.8, 4) is 5.75 Å². The number of hydrogen-bond acceptors (Lipinski definition) is 4. The maximum absolute atomic E-state index is 6.07. The summed E-state index contributed by atoms with van der Waals surface area (Å²) in [5.41, 5.74) is 2.52. The average Bonchev–Trinajstić information content (AvgIpc) is 2.94. The van der Waals surface area contributed by atoms with Crippen LogP contribution in [0.2, 0.25) is 0 Å². The Hall–Kier alpha value is -1.78. The van der Waals surface area contributed by atoms with Gasteiger partial charge < -0.3 is 4.74 Å². The molecule has 4 rings (SSSR count). The maximum Gasteiger partial charge on any atom is 0.120 e. The molecule has 0 bridgehead atoms. The van der Waals surface area contributed by atoms with E-state index in [1.54, 1.807) is 0 Å². The van der Waals surface area contributed by atoms with Crippen LogP contribution in [0, 0.1) is 5.92 Å². The number of rotatable bonds is 6. The Kier molecular flexibility index (Phi) is 5.84. The van der Waals surface area contributed by atoms with Crippen LogP contribution in [-0.2, 0) is 6.61 Å². The van der Waals surface area contributed by atoms with Crippen molar-refractivity contribution in [3.05, 3.63) is 59.0 Å². The van der Waals surface area contributed by atoms with Crippen LogP contribution >= 0.6 is 23.1 Å². The number of benzene rings is 2. The van der Waals surface area contributed by atoms with Gasteiger partial charge in [-0.2, -0.15) is 0 Å². The normalized spacial score (nSPS) is 14.1. The van der Waals surface area contributed by atoms with Crippen molar-refractivity contribution in [2.24, 2.45) is 10.9 Å². The lowest BCUT2D eigenvalue weighted by molar-refractivity contribution is 0.306. The van der Waals surface area contributed by atoms with Gasteiger partial charge in [0.15, 0.2) is 0 Å². The number of thioether (sulfide) groups is 1. The highest BCUT2D eigenvalue weighted by Gasteiger charge is 2.24. The molecule has 0 N–H and O–H groups in total. The summed E-state index contributed by atoms with van der Waals surface area (Å²) in [6.45, 7) is 6.07. The number of nitrogens with zero attached hydrogens (tertiary/aromatic N) is 1. The molecule has 0 unspecified atom stereocenters. The van der Waals surface area contributed by atoms with E-state index in [0.717, 1.165) is 30.9 Å². The van der Waals surface area contributed by atoms with Crippen LogP contribution in [0.25, 0.3) is 10.1 Å². The van der Waals surface area contributed by atoms with Gasteiger partial charge in [0.1, 0.15) is 12.4 Å². The van der Waals surface area contributed by atoms with Crippen LogP contribution < -0.4 is 4.74 Å². The van der Waals surface area contributed by atoms with Gasteiger partial charge in [-0.15, -0.1) is 23.1 Å². The second kappa shape index (κ2) is 8.49. The third-order valence-corrected chi connectivity index (χ3v) is 7.51. The molecule has 0 amide bonds. The van der Waals surface area contributed by atoms with E-state index in [0.29, 0.717) is 12.5 Å². The molecular weight excluding hydrogens is 370 g/mol. The largest absolute Gasteiger partial charge is 0.489 e. The van der Waals surface area contributed by atoms with Crippen LogP contribution in [-0.4, -0.2) is 18.0 Å². The van der Waals surface area contributed by atoms with Crippen molar-refractivity contribution in [3.63, 3.8) is 0 Å². The molecule has 0 radical (unpaired) electrons. The monoisotopic (exact) mass is 395 g/mol. The van der Waals surface area contributed by atoms with Gasteiger partial charge in [-0.25, -0.2) is 0 Å². The first-order valence-corrected chi connectivity index (χ1v) is 11.5. The molecule has 27 heavy (non-hydrogen) atoms. The molecule has 140 valence electrons. The molecule has 4 heteroatoms. The lowest BCUT2D eigenvalue weighted by atomic mass is 9.96. The molecule has 1 aliphatic rings. The molecule has 1 aromatic heterocycles. The average molecular weight is 396 g/mol. The minimum Gasteiger partial charge on any atom is -0.489 e. The Bertz CT molecular complexity index is 942. The second-order valence-electron chi connectivity index (χ2n) is 6.82. The number of hydrogen-bond donors (Lipinski definition) is 0. The van der Waals surface area contributed by atoms with Crippen molar-refractivity contribution in [2.75, 3.05) is 12.3 Å². The second-order valence-corrected chi connectivity index (χ2v) is 8.98. The summed E-state index contributed by atoms with van der Waals surface area (Å²) in [4.78, 5) is 7.77. The van der Waals surface area contributed by atoms with Crippen molar-refractivity contribution in [2.45, 2.75) is 38.2 Å². The zero-order chi connectivity index (χ0) is 18.6. The molecule has 0 spiro atoms. The lowest BCUT2D eigenvalue weighted by Gasteiger charge is -2.14. The summed E-state index contributed by atoms with van der Waals surface area (Å²) < 4.78 is 7.41. The number of aliphatic imine (C=N–C) groups is 1. The SMILES string of the molecule is CCC(CC)C1=NCCSc2c1sc1ccc(OCc3ccccc3)cc21. The van der Waals surface area contributed by atoms with Crippen molar-refractivity contribution in [1.82, 2.24) is 0 Å². The summed E-state index contributed by atoms with van der Waals surface area (Å²) in [5.74, 6) is 2.56. The van der Waals surface area contributed by atoms with Crippen molar-refractivity contribution >= 4 is 38.9 Å². The molecule has 0 fully saturated rings. The number of thiophene rings is 1. The first-order chi connectivity index (χ1) is 13.3. The Morgan fingerprint density at radius 3 is 2.67 bits per heavy atom. The summed E-state index contributed by atoms with van der Waals surface area (Å²) in [6, 6.07) is 16.9. The highest BCUT2D eigenvalue weighted by Crippen LogP contribution is 2.43. The molecule has 0 saturated heterocycles. The zero-order valence-electron chi connectivity index (χ0n) is 15.9. The van der Waals surface area contributed by atoms with Gasteiger partial charge in [-0.05, 0) is 36.6 Å². The van der Waals surface area contributed by atoms with E-state index in [1.165, 1.54) is 31.1 Å². The predicted molar refractivity (Wildman–Crippen MR) is 119 cm³/mol. The molecule has 3 aromatic rings. The first-order valence-electron chi connectivity index (χ1n) is 9.71. The predicted octanol–water partition coefficient (Wildman–Crippen LogP) is 6.81. The Morgan fingerprint density at radius 2 is 1.89 bits per heavy atom. The standard InChI is InChI=1S/C23H25NOS2/c1-3-17(4-2)21-23-22(26-13-12-24-21)19-14-18(10-11-20(19)27-23)25-15-16-8-6-5-7-9-16/h5-11,14,17H,3-4,12-13,15H2,1-2H3. The zero-order valence-corrected chi connectivity index (χ0v) is 17.5. The Balaban J connectivity index is 1.67. The van der Waals surface area contributed by atoms with E-state index >= 15 is 0 Å². The van der Waals surface area contributed by atoms with Gasteiger partial charge in [0, 0.05) is 33.2 Å². The molecule has 2 nitrogen and oxygen atoms in total. The molecule has 0 saturated carbocycles. The topological polar surface area (TPSA) is 21.6 Å². The van der Waals surface area contributed by atoms with E-state index in [1.807, 2.05) is 29.2 Å². The van der Waals surface area contributed by atoms with Crippen molar-refractivity contribution < 1.29 is 4.74 Å². The van der Waals surface area contributed by atoms with E-state index in [9.17, 15) is 0 Å². The minimum absolute atomic E-state index is 0.560. The van der Waals surface area contributed by atoms with Crippen LogP contribution in [0.5, 0.6) is 5.75 Å². The van der Waals surface area contributed by atoms with Gasteiger partial charge >= 0.3 is 0 Å². The minimum atomic E-state index is 0.560. The number of ether oxygens (including phenoxy) is 1. The van der Waals surface area contributed by atoms with Gasteiger partial charge in [0.05, 0.1) is 10.6 Å². The highest BCUT2D eigenvalue weighted by atomic mass is 32.2. The van der Waals surface area contributed by atoms with Gasteiger partial charge in [0.25, 0.3) is 0 Å². The van der Waals surface area contributed by atoms with Crippen LogP contribution in [0.3, 0.4) is 0 Å². The van der Waals surface area contributed by atoms with Gasteiger partial charge in [0.2, 0.25) is 0 Å². The van der Waals surface area contributed by atoms with Crippen LogP contribution in [0.4, 0.5) is 0 Å². The third kappa shape index (κ3) is 3.92. The van der Waals surface area contributed by atoms with E-state index in [-0.39, 0.29) is 0 Å². The maximum atomic E-state index is 6.07. The van der Waals surface area contributed by atoms with Crippen LogP contribution in [0.15, 0.2) is 58.4 Å². The van der Waals surface area contributed by atoms with Gasteiger partial charge in [-0.1, -0.05) is 44.2 Å². The smallest absolute Gasteiger partial charge is 0.120 e. The first kappa shape index (κ1) is 18.6. The molecule has 2 aromatic carbocycles. The van der Waals surface area contributed by atoms with E-state index < -0.39 is 0 Å². The highest BCUT2D eigenvalue weighted by molar-refractivity contribution is 7.99. The summed E-state index contributed by atoms with van der Waals surface area (Å²) in [5, 5.41) is 1.33. The van der Waals surface area contributed by atoms with Gasteiger partial charge in [-0.3, -0.25) is 4.99 Å². The fourth-order valence-corrected chi connectivity index (χ4v) is 6.05. The molecule has 0 aliphatic carbocycles. The lowest BCUT2D eigenvalue weighted by Crippen LogP contribution is -2.13. The van der Waals surface area contributed by atoms with E-state index in [2.05, 4.69) is 56.3 Å². The Morgan fingerprint density at radius 1 is 1.07 bits per heavy atom. The van der Waals surface area contributed by atoms with Crippen LogP contribution in [0.1, 0.15) is 37.1 Å². The summed E-state index contributed by atoms with van der Waals surface area (Å²) >= 11 is 3.85. The fourth-order valence-electron chi connectivity index (χ4n) is 3.57. The molecule has 2 heterocycles. The summed E-state index contributed by atoms with van der Waals surface area (Å²) in [6.07, 6.45) is 2.30. The Labute approximate surface area is 169 Å². The van der Waals surface area contributed by atoms with E-state index in [4.69, 9.17) is 9.73 Å². The third-order valence-electron chi connectivity index (χ3n) is 5.09.